The molecule has 0 aliphatic rings. The second kappa shape index (κ2) is 9.69. The molecule has 10 rings (SSSR count). The second-order valence-corrected chi connectivity index (χ2v) is 12.2. The number of hydrogen-bond donors (Lipinski definition) is 0. The van der Waals surface area contributed by atoms with Crippen LogP contribution in [-0.2, 0) is 0 Å². The van der Waals surface area contributed by atoms with E-state index < -0.39 is 0 Å². The van der Waals surface area contributed by atoms with Crippen molar-refractivity contribution in [1.82, 2.24) is 9.13 Å². The summed E-state index contributed by atoms with van der Waals surface area (Å²) in [5.41, 5.74) is 8.48. The molecule has 10 aromatic rings. The Bertz CT molecular complexity index is 2760. The first-order chi connectivity index (χ1) is 22.8. The number of para-hydroxylation sites is 2. The van der Waals surface area contributed by atoms with Gasteiger partial charge in [-0.05, 0) is 98.0 Å². The van der Waals surface area contributed by atoms with Crippen LogP contribution in [0.15, 0.2) is 170 Å². The number of aromatic nitrogens is 2. The summed E-state index contributed by atoms with van der Waals surface area (Å²) in [7, 11) is 0. The zero-order chi connectivity index (χ0) is 30.2. The lowest BCUT2D eigenvalue weighted by molar-refractivity contribution is 1.13. The maximum Gasteiger partial charge on any atom is 0.0548 e. The molecule has 0 radical (unpaired) electrons. The Labute approximate surface area is 266 Å². The molecule has 0 unspecified atom stereocenters. The van der Waals surface area contributed by atoms with Crippen molar-refractivity contribution in [2.75, 3.05) is 0 Å². The molecule has 0 N–H and O–H groups in total. The van der Waals surface area contributed by atoms with Crippen molar-refractivity contribution in [2.45, 2.75) is 0 Å². The molecule has 0 spiro atoms. The van der Waals surface area contributed by atoms with Gasteiger partial charge in [0.2, 0.25) is 0 Å². The van der Waals surface area contributed by atoms with Gasteiger partial charge in [-0.25, -0.2) is 0 Å². The van der Waals surface area contributed by atoms with Crippen molar-refractivity contribution in [1.29, 1.82) is 0 Å². The minimum Gasteiger partial charge on any atom is -0.317 e. The van der Waals surface area contributed by atoms with Crippen LogP contribution in [0.25, 0.3) is 87.5 Å². The number of fused-ring (bicyclic) bond motifs is 10. The predicted octanol–water partition coefficient (Wildman–Crippen LogP) is 11.9. The van der Waals surface area contributed by atoms with Crippen molar-refractivity contribution in [3.8, 4) is 22.5 Å². The summed E-state index contributed by atoms with van der Waals surface area (Å²) in [5.74, 6) is 0. The van der Waals surface area contributed by atoms with Crippen molar-refractivity contribution in [3.63, 3.8) is 0 Å². The van der Waals surface area contributed by atoms with E-state index in [1.54, 1.807) is 0 Å². The minimum atomic E-state index is 1.17. The SMILES string of the molecule is c1ccc(-c2ccc3c4ccc(-n5c6ccccc6c6cc7c(ccn7-c7ccccc7)cc65)cc4c4ccccc4c3c2)cc1. The van der Waals surface area contributed by atoms with E-state index in [9.17, 15) is 0 Å². The van der Waals surface area contributed by atoms with Gasteiger partial charge in [0.25, 0.3) is 0 Å². The van der Waals surface area contributed by atoms with Gasteiger partial charge < -0.3 is 9.13 Å². The molecule has 2 heteroatoms. The van der Waals surface area contributed by atoms with Gasteiger partial charge in [0, 0.05) is 33.7 Å². The van der Waals surface area contributed by atoms with Crippen LogP contribution in [0.4, 0.5) is 0 Å². The molecule has 0 saturated carbocycles. The highest BCUT2D eigenvalue weighted by molar-refractivity contribution is 6.26. The maximum absolute atomic E-state index is 2.45. The van der Waals surface area contributed by atoms with E-state index in [-0.39, 0.29) is 0 Å². The molecule has 0 atom stereocenters. The van der Waals surface area contributed by atoms with E-state index in [0.717, 1.165) is 0 Å². The molecule has 2 nitrogen and oxygen atoms in total. The van der Waals surface area contributed by atoms with Crippen LogP contribution in [0.3, 0.4) is 0 Å². The minimum absolute atomic E-state index is 1.17. The monoisotopic (exact) mass is 584 g/mol. The number of hydrogen-bond acceptors (Lipinski definition) is 0. The summed E-state index contributed by atoms with van der Waals surface area (Å²) in [6.07, 6.45) is 2.18. The lowest BCUT2D eigenvalue weighted by Gasteiger charge is -2.15. The average Bonchev–Trinajstić information content (AvgIpc) is 3.69. The van der Waals surface area contributed by atoms with Crippen LogP contribution in [0.2, 0.25) is 0 Å². The lowest BCUT2D eigenvalue weighted by atomic mass is 9.92. The largest absolute Gasteiger partial charge is 0.317 e. The fraction of sp³-hybridized carbons (Fsp3) is 0. The predicted molar refractivity (Wildman–Crippen MR) is 196 cm³/mol. The first-order valence-electron chi connectivity index (χ1n) is 15.9. The van der Waals surface area contributed by atoms with E-state index in [0.29, 0.717) is 0 Å². The summed E-state index contributed by atoms with van der Waals surface area (Å²) < 4.78 is 4.73. The first-order valence-corrected chi connectivity index (χ1v) is 15.9. The normalized spacial score (nSPS) is 11.9. The highest BCUT2D eigenvalue weighted by Crippen LogP contribution is 2.40. The quantitative estimate of drug-likeness (QED) is 0.183. The van der Waals surface area contributed by atoms with Crippen LogP contribution >= 0.6 is 0 Å². The molecule has 8 aromatic carbocycles. The molecule has 214 valence electrons. The van der Waals surface area contributed by atoms with E-state index in [2.05, 4.69) is 179 Å². The Kier molecular flexibility index (Phi) is 5.31. The van der Waals surface area contributed by atoms with E-state index in [1.807, 2.05) is 0 Å². The molecule has 0 saturated heterocycles. The summed E-state index contributed by atoms with van der Waals surface area (Å²) in [6.45, 7) is 0. The Morgan fingerprint density at radius 3 is 1.72 bits per heavy atom. The van der Waals surface area contributed by atoms with E-state index >= 15 is 0 Å². The van der Waals surface area contributed by atoms with Gasteiger partial charge in [0.15, 0.2) is 0 Å². The summed E-state index contributed by atoms with van der Waals surface area (Å²) >= 11 is 0. The molecule has 0 bridgehead atoms. The Hall–Kier alpha value is -6.12. The van der Waals surface area contributed by atoms with Crippen LogP contribution < -0.4 is 0 Å². The van der Waals surface area contributed by atoms with Gasteiger partial charge in [-0.3, -0.25) is 0 Å². The van der Waals surface area contributed by atoms with E-state index in [1.165, 1.54) is 87.5 Å². The first kappa shape index (κ1) is 25.2. The molecule has 2 heterocycles. The van der Waals surface area contributed by atoms with Crippen LogP contribution in [0.1, 0.15) is 0 Å². The lowest BCUT2D eigenvalue weighted by Crippen LogP contribution is -1.95. The molecule has 0 aliphatic carbocycles. The zero-order valence-corrected chi connectivity index (χ0v) is 25.1. The second-order valence-electron chi connectivity index (χ2n) is 12.2. The van der Waals surface area contributed by atoms with Crippen LogP contribution in [-0.4, -0.2) is 9.13 Å². The van der Waals surface area contributed by atoms with Gasteiger partial charge in [0.05, 0.1) is 16.6 Å². The van der Waals surface area contributed by atoms with Gasteiger partial charge in [0.1, 0.15) is 0 Å². The van der Waals surface area contributed by atoms with Crippen molar-refractivity contribution in [2.24, 2.45) is 0 Å². The molecule has 0 aliphatic heterocycles. The average molecular weight is 585 g/mol. The third-order valence-corrected chi connectivity index (χ3v) is 9.70. The van der Waals surface area contributed by atoms with Gasteiger partial charge in [-0.2, -0.15) is 0 Å². The summed E-state index contributed by atoms with van der Waals surface area (Å²) in [5, 5.41) is 11.4. The highest BCUT2D eigenvalue weighted by atomic mass is 15.0. The smallest absolute Gasteiger partial charge is 0.0548 e. The maximum atomic E-state index is 2.45. The molecular formula is C44H28N2. The van der Waals surface area contributed by atoms with Crippen LogP contribution in [0.5, 0.6) is 0 Å². The summed E-state index contributed by atoms with van der Waals surface area (Å²) in [6, 6.07) is 59.8. The summed E-state index contributed by atoms with van der Waals surface area (Å²) in [4.78, 5) is 0. The highest BCUT2D eigenvalue weighted by Gasteiger charge is 2.17. The van der Waals surface area contributed by atoms with Gasteiger partial charge in [-0.1, -0.05) is 109 Å². The molecular weight excluding hydrogens is 556 g/mol. The van der Waals surface area contributed by atoms with Gasteiger partial charge >= 0.3 is 0 Å². The molecule has 2 aromatic heterocycles. The number of nitrogens with zero attached hydrogens (tertiary/aromatic N) is 2. The molecule has 46 heavy (non-hydrogen) atoms. The third-order valence-electron chi connectivity index (χ3n) is 9.70. The van der Waals surface area contributed by atoms with Crippen molar-refractivity contribution in [3.05, 3.63) is 170 Å². The fourth-order valence-corrected chi connectivity index (χ4v) is 7.58. The Balaban J connectivity index is 1.24. The Morgan fingerprint density at radius 1 is 0.304 bits per heavy atom. The van der Waals surface area contributed by atoms with Gasteiger partial charge in [-0.15, -0.1) is 0 Å². The van der Waals surface area contributed by atoms with Crippen molar-refractivity contribution >= 4 is 65.0 Å². The zero-order valence-electron chi connectivity index (χ0n) is 25.1. The van der Waals surface area contributed by atoms with E-state index in [4.69, 9.17) is 0 Å². The number of rotatable bonds is 3. The van der Waals surface area contributed by atoms with Crippen LogP contribution in [0, 0.1) is 0 Å². The Morgan fingerprint density at radius 2 is 0.935 bits per heavy atom. The standard InChI is InChI=1S/C44H28N2/c1-3-11-29(12-4-1)30-19-21-36-37-22-20-33(27-40(37)35-16-8-7-15-34(35)39(36)25-30)46-42-18-10-9-17-38(42)41-28-43-31(26-44(41)46)23-24-45(43)32-13-5-2-6-14-32/h1-28H. The van der Waals surface area contributed by atoms with Crippen molar-refractivity contribution < 1.29 is 0 Å². The topological polar surface area (TPSA) is 9.86 Å². The molecule has 0 amide bonds. The number of benzene rings is 8. The third kappa shape index (κ3) is 3.65. The molecule has 0 fully saturated rings. The fourth-order valence-electron chi connectivity index (χ4n) is 7.58.